The first-order valence-electron chi connectivity index (χ1n) is 14.0. The number of ether oxygens (including phenoxy) is 1. The summed E-state index contributed by atoms with van der Waals surface area (Å²) in [7, 11) is 1.09. The molecule has 242 valence electrons. The Morgan fingerprint density at radius 2 is 1.65 bits per heavy atom. The minimum atomic E-state index is -4.72. The Morgan fingerprint density at radius 1 is 0.958 bits per heavy atom. The second-order valence-electron chi connectivity index (χ2n) is 11.2. The van der Waals surface area contributed by atoms with E-state index in [9.17, 15) is 52.5 Å². The molecule has 14 nitrogen and oxygen atoms in total. The number of phenols is 1. The summed E-state index contributed by atoms with van der Waals surface area (Å²) in [5.74, 6) is -3.42. The van der Waals surface area contributed by atoms with Crippen molar-refractivity contribution in [1.82, 2.24) is 15.0 Å². The van der Waals surface area contributed by atoms with Gasteiger partial charge in [-0.1, -0.05) is 6.07 Å². The van der Waals surface area contributed by atoms with Gasteiger partial charge in [-0.2, -0.15) is 18.3 Å². The zero-order valence-corrected chi connectivity index (χ0v) is 24.2. The third kappa shape index (κ3) is 4.02. The normalized spacial score (nSPS) is 17.2. The van der Waals surface area contributed by atoms with Crippen molar-refractivity contribution in [3.63, 3.8) is 0 Å². The van der Waals surface area contributed by atoms with Crippen molar-refractivity contribution in [1.29, 1.82) is 0 Å². The molecule has 0 amide bonds. The van der Waals surface area contributed by atoms with Gasteiger partial charge >= 0.3 is 6.18 Å². The zero-order valence-electron chi connectivity index (χ0n) is 24.2. The average Bonchev–Trinajstić information content (AvgIpc) is 3.52. The molecule has 17 heteroatoms. The average molecular weight is 662 g/mol. The molecular weight excluding hydrogens is 643 g/mol. The van der Waals surface area contributed by atoms with E-state index in [1.54, 1.807) is 0 Å². The fourth-order valence-corrected chi connectivity index (χ4v) is 6.62. The monoisotopic (exact) mass is 661 g/mol. The Balaban J connectivity index is 1.38. The lowest BCUT2D eigenvalue weighted by molar-refractivity contribution is -0.141. The molecule has 1 aromatic carbocycles. The van der Waals surface area contributed by atoms with Crippen molar-refractivity contribution in [2.24, 2.45) is 10.2 Å². The molecule has 3 aromatic rings. The minimum Gasteiger partial charge on any atom is -0.510 e. The molecule has 1 spiro atoms. The number of rotatable bonds is 4. The van der Waals surface area contributed by atoms with E-state index in [1.165, 1.54) is 12.1 Å². The van der Waals surface area contributed by atoms with Crippen molar-refractivity contribution in [2.45, 2.75) is 31.0 Å². The smallest absolute Gasteiger partial charge is 0.433 e. The zero-order chi connectivity index (χ0) is 34.4. The number of aliphatic hydroxyl groups is 2. The van der Waals surface area contributed by atoms with E-state index in [0.717, 1.165) is 19.4 Å². The van der Waals surface area contributed by atoms with Crippen molar-refractivity contribution < 1.29 is 33.2 Å². The maximum Gasteiger partial charge on any atom is 0.433 e. The summed E-state index contributed by atoms with van der Waals surface area (Å²) in [6.07, 6.45) is -3.98. The summed E-state index contributed by atoms with van der Waals surface area (Å²) in [6.45, 7) is -0.328. The van der Waals surface area contributed by atoms with E-state index in [0.29, 0.717) is 11.6 Å². The van der Waals surface area contributed by atoms with Crippen LogP contribution in [0.2, 0.25) is 0 Å². The van der Waals surface area contributed by atoms with Crippen molar-refractivity contribution in [2.75, 3.05) is 7.11 Å². The van der Waals surface area contributed by atoms with Gasteiger partial charge in [-0.05, 0) is 35.9 Å². The van der Waals surface area contributed by atoms with Crippen LogP contribution < -0.4 is 42.4 Å². The number of hydrogen-bond donors (Lipinski definition) is 4. The van der Waals surface area contributed by atoms with Gasteiger partial charge in [-0.15, -0.1) is 5.11 Å². The van der Waals surface area contributed by atoms with Gasteiger partial charge in [0.1, 0.15) is 34.9 Å². The van der Waals surface area contributed by atoms with Crippen LogP contribution in [-0.4, -0.2) is 37.4 Å². The molecule has 2 aromatic heterocycles. The van der Waals surface area contributed by atoms with Gasteiger partial charge in [0.25, 0.3) is 11.5 Å². The third-order valence-electron chi connectivity index (χ3n) is 8.64. The van der Waals surface area contributed by atoms with E-state index >= 15 is 0 Å². The maximum atomic E-state index is 13.6. The summed E-state index contributed by atoms with van der Waals surface area (Å²) in [4.78, 5) is 75.5. The van der Waals surface area contributed by atoms with Gasteiger partial charge in [0.05, 0.1) is 33.4 Å². The number of aromatic hydroxyl groups is 1. The number of nitrogens with zero attached hydrogens (tertiary/aromatic N) is 4. The number of nitrogens with one attached hydrogen (secondary N) is 1. The Hall–Kier alpha value is -6.26. The molecule has 4 N–H and O–H groups in total. The number of aromatic nitrogens is 3. The van der Waals surface area contributed by atoms with Crippen LogP contribution in [0, 0.1) is 10.4 Å². The topological polar surface area (TPSA) is 222 Å². The van der Waals surface area contributed by atoms with Crippen LogP contribution in [0.25, 0.3) is 22.3 Å². The van der Waals surface area contributed by atoms with Gasteiger partial charge in [0, 0.05) is 23.5 Å². The summed E-state index contributed by atoms with van der Waals surface area (Å²) in [5, 5.41) is 38.8. The third-order valence-corrected chi connectivity index (χ3v) is 8.64. The number of azo groups is 1. The summed E-state index contributed by atoms with van der Waals surface area (Å²) in [5.41, 5.74) is -8.28. The molecule has 7 rings (SSSR count). The Morgan fingerprint density at radius 3 is 2.31 bits per heavy atom. The maximum absolute atomic E-state index is 13.6. The number of halogens is 3. The van der Waals surface area contributed by atoms with Crippen LogP contribution >= 0.6 is 0 Å². The number of benzene rings is 1. The lowest BCUT2D eigenvalue weighted by Crippen LogP contribution is -2.51. The van der Waals surface area contributed by atoms with Gasteiger partial charge < -0.3 is 25.0 Å². The molecule has 1 unspecified atom stereocenters. The van der Waals surface area contributed by atoms with Gasteiger partial charge in [-0.3, -0.25) is 24.0 Å². The molecular formula is C31H18F3N5O9. The van der Waals surface area contributed by atoms with Crippen LogP contribution in [0.5, 0.6) is 11.5 Å². The van der Waals surface area contributed by atoms with Crippen molar-refractivity contribution in [3.05, 3.63) is 125 Å². The largest absolute Gasteiger partial charge is 0.510 e. The van der Waals surface area contributed by atoms with Crippen LogP contribution in [0.3, 0.4) is 0 Å². The molecule has 4 aliphatic rings. The number of fused-ring (bicyclic) bond motifs is 4. The first kappa shape index (κ1) is 30.4. The van der Waals surface area contributed by atoms with Crippen molar-refractivity contribution >= 4 is 28.2 Å². The minimum absolute atomic E-state index is 0.0605. The van der Waals surface area contributed by atoms with Crippen molar-refractivity contribution in [3.8, 4) is 11.5 Å². The summed E-state index contributed by atoms with van der Waals surface area (Å²) >= 11 is 0. The SMILES string of the molecule is COc1cc(=O)c2c(=O)c3c(c(=O)c=2c1=O)=C(O)C1(CCc2cc4cc(CN=Nc5nccc(C(F)(F)F)n5)[nH]c(=O)c4c(O)c21)C=3O. The van der Waals surface area contributed by atoms with Gasteiger partial charge in [0.2, 0.25) is 16.3 Å². The number of methoxy groups -OCH3 is 1. The second-order valence-corrected chi connectivity index (χ2v) is 11.2. The highest BCUT2D eigenvalue weighted by molar-refractivity contribution is 5.94. The van der Waals surface area contributed by atoms with Gasteiger partial charge in [-0.25, -0.2) is 9.97 Å². The van der Waals surface area contributed by atoms with Crippen LogP contribution in [0.15, 0.2) is 64.7 Å². The lowest BCUT2D eigenvalue weighted by Gasteiger charge is -2.27. The number of aryl methyl sites for hydroxylation is 1. The fraction of sp³-hybridized carbons (Fsp3) is 0.194. The Bertz CT molecular complexity index is 2790. The molecule has 0 radical (unpaired) electrons. The predicted octanol–water partition coefficient (Wildman–Crippen LogP) is 0.606. The second kappa shape index (κ2) is 10.1. The quantitative estimate of drug-likeness (QED) is 0.195. The number of hydrogen-bond acceptors (Lipinski definition) is 13. The predicted molar refractivity (Wildman–Crippen MR) is 159 cm³/mol. The lowest BCUT2D eigenvalue weighted by atomic mass is 9.78. The first-order chi connectivity index (χ1) is 22.7. The fourth-order valence-electron chi connectivity index (χ4n) is 6.62. The van der Waals surface area contributed by atoms with Crippen LogP contribution in [-0.2, 0) is 24.6 Å². The van der Waals surface area contributed by atoms with E-state index in [-0.39, 0.29) is 41.4 Å². The van der Waals surface area contributed by atoms with E-state index in [4.69, 9.17) is 4.74 Å². The van der Waals surface area contributed by atoms with E-state index < -0.39 is 94.4 Å². The molecule has 0 aliphatic heterocycles. The highest BCUT2D eigenvalue weighted by Gasteiger charge is 2.53. The number of phenolic OH excluding ortho intramolecular Hbond substituents is 1. The highest BCUT2D eigenvalue weighted by Crippen LogP contribution is 2.54. The van der Waals surface area contributed by atoms with E-state index in [1.807, 2.05) is 0 Å². The number of aliphatic hydroxyl groups excluding tert-OH is 2. The standard InChI is InChI=1S/C31H18F3N5O9/c1-48-14-8-13(40)17-18(22(14)41)24(43)20-19(23(17)42)26(45)30(27(20)46)4-2-10-6-11-7-12(37-28(47)16(11)25(44)21(10)30)9-36-39-29-35-5-3-15(38-29)31(32,33)34/h3,5-8,44-46H,2,4,9H2,1H3,(H,37,47). The molecule has 48 heavy (non-hydrogen) atoms. The molecule has 4 aliphatic carbocycles. The molecule has 0 bridgehead atoms. The van der Waals surface area contributed by atoms with Crippen LogP contribution in [0.1, 0.15) is 28.9 Å². The Labute approximate surface area is 261 Å². The van der Waals surface area contributed by atoms with Crippen LogP contribution in [0.4, 0.5) is 19.1 Å². The van der Waals surface area contributed by atoms with Gasteiger partial charge in [0.15, 0.2) is 11.2 Å². The summed E-state index contributed by atoms with van der Waals surface area (Å²) in [6, 6.07) is 4.31. The molecule has 2 heterocycles. The Kier molecular flexibility index (Phi) is 6.41. The summed E-state index contributed by atoms with van der Waals surface area (Å²) < 4.78 is 43.6. The highest BCUT2D eigenvalue weighted by atomic mass is 19.4. The molecule has 0 saturated carbocycles. The molecule has 1 atom stereocenters. The number of alkyl halides is 3. The molecule has 0 saturated heterocycles. The number of aromatic amines is 1. The number of H-pyrrole nitrogens is 1. The van der Waals surface area contributed by atoms with E-state index in [2.05, 4.69) is 25.2 Å². The molecule has 0 fully saturated rings. The number of pyridine rings is 1. The first-order valence-corrected chi connectivity index (χ1v) is 14.0.